The Morgan fingerprint density at radius 2 is 2.15 bits per heavy atom. The molecule has 70 valence electrons. The third kappa shape index (κ3) is 2.31. The molecule has 0 aliphatic heterocycles. The molecule has 1 heterocycles. The minimum absolute atomic E-state index is 0.0393. The number of H-pyrrole nitrogens is 1. The highest BCUT2D eigenvalue weighted by Crippen LogP contribution is 2.09. The Balaban J connectivity index is 3.43. The van der Waals surface area contributed by atoms with Crippen molar-refractivity contribution in [3.8, 4) is 0 Å². The van der Waals surface area contributed by atoms with Gasteiger partial charge in [0.1, 0.15) is 0 Å². The summed E-state index contributed by atoms with van der Waals surface area (Å²) in [7, 11) is 0. The molecule has 3 heteroatoms. The summed E-state index contributed by atoms with van der Waals surface area (Å²) >= 11 is 3.20. The van der Waals surface area contributed by atoms with Crippen LogP contribution in [0.4, 0.5) is 0 Å². The van der Waals surface area contributed by atoms with Gasteiger partial charge < -0.3 is 4.98 Å². The first-order valence-electron chi connectivity index (χ1n) is 4.05. The monoisotopic (exact) mass is 241 g/mol. The Morgan fingerprint density at radius 1 is 1.54 bits per heavy atom. The van der Waals surface area contributed by atoms with E-state index in [2.05, 4.69) is 20.9 Å². The molecule has 1 aromatic heterocycles. The first-order chi connectivity index (χ1) is 6.02. The Morgan fingerprint density at radius 3 is 2.69 bits per heavy atom. The number of aromatic amines is 1. The fourth-order valence-corrected chi connectivity index (χ4v) is 1.40. The van der Waals surface area contributed by atoms with E-state index in [1.54, 1.807) is 6.20 Å². The molecule has 0 aliphatic rings. The van der Waals surface area contributed by atoms with Crippen molar-refractivity contribution in [2.75, 3.05) is 0 Å². The predicted molar refractivity (Wildman–Crippen MR) is 58.8 cm³/mol. The van der Waals surface area contributed by atoms with Crippen molar-refractivity contribution in [2.24, 2.45) is 0 Å². The van der Waals surface area contributed by atoms with Crippen LogP contribution < -0.4 is 5.43 Å². The number of pyridine rings is 1. The van der Waals surface area contributed by atoms with Crippen LogP contribution in [0.1, 0.15) is 25.1 Å². The van der Waals surface area contributed by atoms with E-state index < -0.39 is 0 Å². The van der Waals surface area contributed by atoms with E-state index in [0.717, 1.165) is 16.8 Å². The van der Waals surface area contributed by atoms with Gasteiger partial charge in [-0.15, -0.1) is 0 Å². The molecule has 1 aromatic rings. The third-order valence-electron chi connectivity index (χ3n) is 1.71. The lowest BCUT2D eigenvalue weighted by molar-refractivity contribution is 1.15. The zero-order valence-electron chi connectivity index (χ0n) is 7.94. The first-order valence-corrected chi connectivity index (χ1v) is 4.84. The van der Waals surface area contributed by atoms with Crippen LogP contribution in [0.2, 0.25) is 0 Å². The van der Waals surface area contributed by atoms with Crippen molar-refractivity contribution in [3.63, 3.8) is 0 Å². The summed E-state index contributed by atoms with van der Waals surface area (Å²) in [6.07, 6.45) is 3.55. The molecular weight excluding hydrogens is 230 g/mol. The van der Waals surface area contributed by atoms with Gasteiger partial charge in [0.2, 0.25) is 5.43 Å². The highest BCUT2D eigenvalue weighted by atomic mass is 79.9. The minimum Gasteiger partial charge on any atom is -0.363 e. The summed E-state index contributed by atoms with van der Waals surface area (Å²) in [5.74, 6) is 0. The van der Waals surface area contributed by atoms with Crippen LogP contribution in [-0.2, 0) is 0 Å². The second-order valence-electron chi connectivity index (χ2n) is 3.23. The van der Waals surface area contributed by atoms with Crippen molar-refractivity contribution >= 4 is 22.0 Å². The second-order valence-corrected chi connectivity index (χ2v) is 4.08. The smallest absolute Gasteiger partial charge is 0.203 e. The maximum absolute atomic E-state index is 11.6. The lowest BCUT2D eigenvalue weighted by Crippen LogP contribution is -2.09. The van der Waals surface area contributed by atoms with Crippen LogP contribution in [-0.4, -0.2) is 4.98 Å². The molecule has 1 rings (SSSR count). The summed E-state index contributed by atoms with van der Waals surface area (Å²) in [6, 6.07) is 0. The van der Waals surface area contributed by atoms with Crippen molar-refractivity contribution in [1.82, 2.24) is 4.98 Å². The molecule has 0 saturated carbocycles. The van der Waals surface area contributed by atoms with Crippen molar-refractivity contribution in [2.45, 2.75) is 20.8 Å². The molecular formula is C10H12BrNO. The first kappa shape index (κ1) is 10.3. The van der Waals surface area contributed by atoms with Crippen LogP contribution in [0.5, 0.6) is 0 Å². The average Bonchev–Trinajstić information content (AvgIpc) is 2.05. The average molecular weight is 242 g/mol. The van der Waals surface area contributed by atoms with E-state index >= 15 is 0 Å². The van der Waals surface area contributed by atoms with E-state index in [1.807, 2.05) is 26.8 Å². The van der Waals surface area contributed by atoms with Crippen molar-refractivity contribution < 1.29 is 0 Å². The standard InChI is InChI=1S/C10H12BrNO/c1-6(2)4-8-7(3)12-5-9(11)10(8)13/h4-5H,1-3H3,(H,12,13). The lowest BCUT2D eigenvalue weighted by Gasteiger charge is -2.01. The zero-order chi connectivity index (χ0) is 10.0. The van der Waals surface area contributed by atoms with Gasteiger partial charge in [-0.25, -0.2) is 0 Å². The van der Waals surface area contributed by atoms with Crippen molar-refractivity contribution in [1.29, 1.82) is 0 Å². The van der Waals surface area contributed by atoms with Crippen LogP contribution in [0.25, 0.3) is 6.08 Å². The van der Waals surface area contributed by atoms with Crippen LogP contribution in [0, 0.1) is 6.92 Å². The third-order valence-corrected chi connectivity index (χ3v) is 2.30. The topological polar surface area (TPSA) is 32.9 Å². The number of nitrogens with one attached hydrogen (secondary N) is 1. The summed E-state index contributed by atoms with van der Waals surface area (Å²) in [6.45, 7) is 5.84. The van der Waals surface area contributed by atoms with Crippen LogP contribution >= 0.6 is 15.9 Å². The Labute approximate surface area is 85.8 Å². The van der Waals surface area contributed by atoms with Gasteiger partial charge in [-0.1, -0.05) is 11.6 Å². The minimum atomic E-state index is 0.0393. The molecule has 0 saturated heterocycles. The van der Waals surface area contributed by atoms with E-state index in [4.69, 9.17) is 0 Å². The van der Waals surface area contributed by atoms with Gasteiger partial charge in [-0.2, -0.15) is 0 Å². The quantitative estimate of drug-likeness (QED) is 0.806. The number of hydrogen-bond donors (Lipinski definition) is 1. The number of allylic oxidation sites excluding steroid dienone is 1. The summed E-state index contributed by atoms with van der Waals surface area (Å²) in [5.41, 5.74) is 2.79. The van der Waals surface area contributed by atoms with E-state index in [-0.39, 0.29) is 5.43 Å². The van der Waals surface area contributed by atoms with Gasteiger partial charge in [-0.3, -0.25) is 4.79 Å². The Hall–Kier alpha value is -0.830. The predicted octanol–water partition coefficient (Wildman–Crippen LogP) is 2.87. The van der Waals surface area contributed by atoms with Crippen LogP contribution in [0.15, 0.2) is 21.0 Å². The molecule has 0 atom stereocenters. The summed E-state index contributed by atoms with van der Waals surface area (Å²) < 4.78 is 0.575. The number of hydrogen-bond acceptors (Lipinski definition) is 1. The molecule has 0 aliphatic carbocycles. The maximum Gasteiger partial charge on any atom is 0.203 e. The molecule has 0 unspecified atom stereocenters. The Kier molecular flexibility index (Phi) is 3.09. The van der Waals surface area contributed by atoms with Crippen LogP contribution in [0.3, 0.4) is 0 Å². The second kappa shape index (κ2) is 3.92. The molecule has 0 radical (unpaired) electrons. The molecule has 0 aromatic carbocycles. The molecule has 0 spiro atoms. The van der Waals surface area contributed by atoms with Crippen molar-refractivity contribution in [3.05, 3.63) is 37.7 Å². The van der Waals surface area contributed by atoms with Gasteiger partial charge in [-0.05, 0) is 36.7 Å². The van der Waals surface area contributed by atoms with E-state index in [0.29, 0.717) is 4.47 Å². The van der Waals surface area contributed by atoms with Gasteiger partial charge in [0.25, 0.3) is 0 Å². The summed E-state index contributed by atoms with van der Waals surface area (Å²) in [5, 5.41) is 0. The number of aryl methyl sites for hydroxylation is 1. The van der Waals surface area contributed by atoms with Gasteiger partial charge in [0.05, 0.1) is 4.47 Å². The van der Waals surface area contributed by atoms with Gasteiger partial charge in [0.15, 0.2) is 0 Å². The fraction of sp³-hybridized carbons (Fsp3) is 0.300. The highest BCUT2D eigenvalue weighted by molar-refractivity contribution is 9.10. The number of rotatable bonds is 1. The van der Waals surface area contributed by atoms with E-state index in [9.17, 15) is 4.79 Å². The van der Waals surface area contributed by atoms with Gasteiger partial charge >= 0.3 is 0 Å². The Bertz CT molecular complexity index is 400. The van der Waals surface area contributed by atoms with Gasteiger partial charge in [0, 0.05) is 17.5 Å². The molecule has 13 heavy (non-hydrogen) atoms. The number of halogens is 1. The normalized spacial score (nSPS) is 9.85. The fourth-order valence-electron chi connectivity index (χ4n) is 1.08. The zero-order valence-corrected chi connectivity index (χ0v) is 9.53. The largest absolute Gasteiger partial charge is 0.363 e. The number of aromatic nitrogens is 1. The summed E-state index contributed by atoms with van der Waals surface area (Å²) in [4.78, 5) is 14.6. The SMILES string of the molecule is CC(C)=Cc1c(C)[nH]cc(Br)c1=O. The highest BCUT2D eigenvalue weighted by Gasteiger charge is 2.03. The molecule has 0 fully saturated rings. The van der Waals surface area contributed by atoms with E-state index in [1.165, 1.54) is 0 Å². The molecule has 2 nitrogen and oxygen atoms in total. The molecule has 1 N–H and O–H groups in total. The lowest BCUT2D eigenvalue weighted by atomic mass is 10.1. The maximum atomic E-state index is 11.6. The molecule has 0 bridgehead atoms. The molecule has 0 amide bonds.